The Labute approximate surface area is 191 Å². The molecule has 0 saturated carbocycles. The second-order valence-corrected chi connectivity index (χ2v) is 11.2. The zero-order valence-electron chi connectivity index (χ0n) is 17.7. The highest BCUT2D eigenvalue weighted by Crippen LogP contribution is 2.29. The second-order valence-electron chi connectivity index (χ2n) is 7.14. The van der Waals surface area contributed by atoms with Crippen LogP contribution in [0.3, 0.4) is 0 Å². The summed E-state index contributed by atoms with van der Waals surface area (Å²) in [7, 11) is -3.68. The van der Waals surface area contributed by atoms with Crippen molar-refractivity contribution >= 4 is 49.8 Å². The molecule has 1 amide bonds. The van der Waals surface area contributed by atoms with Crippen molar-refractivity contribution in [3.8, 4) is 0 Å². The van der Waals surface area contributed by atoms with Crippen molar-refractivity contribution in [2.24, 2.45) is 0 Å². The van der Waals surface area contributed by atoms with E-state index in [1.54, 1.807) is 19.1 Å². The molecule has 0 fully saturated rings. The zero-order chi connectivity index (χ0) is 22.6. The molecule has 10 heteroatoms. The van der Waals surface area contributed by atoms with Gasteiger partial charge in [-0.2, -0.15) is 0 Å². The molecule has 0 aliphatic carbocycles. The number of aryl methyl sites for hydroxylation is 2. The molecule has 1 N–H and O–H groups in total. The van der Waals surface area contributed by atoms with E-state index in [1.165, 1.54) is 28.7 Å². The Hall–Kier alpha value is -2.43. The van der Waals surface area contributed by atoms with Gasteiger partial charge < -0.3 is 0 Å². The average Bonchev–Trinajstić information content (AvgIpc) is 3.16. The van der Waals surface area contributed by atoms with Crippen LogP contribution in [0, 0.1) is 13.8 Å². The first-order valence-corrected chi connectivity index (χ1v) is 13.2. The van der Waals surface area contributed by atoms with Crippen molar-refractivity contribution in [2.75, 3.05) is 15.9 Å². The Balaban J connectivity index is 1.71. The molecule has 0 aliphatic heterocycles. The van der Waals surface area contributed by atoms with Crippen LogP contribution in [0.4, 0.5) is 10.8 Å². The molecule has 31 heavy (non-hydrogen) atoms. The van der Waals surface area contributed by atoms with Gasteiger partial charge in [-0.1, -0.05) is 59.5 Å². The SMILES string of the molecule is Cc1ccc(N([C@@H](C)C(=O)Nc2nnc(SCc3ccccc3)s2)S(C)(=O)=O)cc1C. The lowest BCUT2D eigenvalue weighted by molar-refractivity contribution is -0.116. The van der Waals surface area contributed by atoms with Crippen LogP contribution >= 0.6 is 23.1 Å². The van der Waals surface area contributed by atoms with E-state index in [0.29, 0.717) is 10.8 Å². The number of nitrogens with zero attached hydrogens (tertiary/aromatic N) is 3. The molecule has 1 atom stereocenters. The number of hydrogen-bond donors (Lipinski definition) is 1. The minimum atomic E-state index is -3.68. The van der Waals surface area contributed by atoms with Gasteiger partial charge >= 0.3 is 0 Å². The monoisotopic (exact) mass is 476 g/mol. The molecule has 0 spiro atoms. The highest BCUT2D eigenvalue weighted by molar-refractivity contribution is 8.00. The number of amides is 1. The van der Waals surface area contributed by atoms with E-state index in [1.807, 2.05) is 50.2 Å². The van der Waals surface area contributed by atoms with Crippen LogP contribution in [0.25, 0.3) is 0 Å². The molecule has 0 bridgehead atoms. The predicted molar refractivity (Wildman–Crippen MR) is 127 cm³/mol. The number of hydrogen-bond acceptors (Lipinski definition) is 7. The van der Waals surface area contributed by atoms with Gasteiger partial charge in [-0.15, -0.1) is 10.2 Å². The van der Waals surface area contributed by atoms with Crippen LogP contribution in [0.2, 0.25) is 0 Å². The van der Waals surface area contributed by atoms with Gasteiger partial charge in [-0.25, -0.2) is 8.42 Å². The number of thioether (sulfide) groups is 1. The number of aromatic nitrogens is 2. The summed E-state index contributed by atoms with van der Waals surface area (Å²) >= 11 is 2.79. The summed E-state index contributed by atoms with van der Waals surface area (Å²) in [5, 5.41) is 11.1. The van der Waals surface area contributed by atoms with E-state index in [2.05, 4.69) is 15.5 Å². The third-order valence-corrected chi connectivity index (χ3v) is 7.96. The number of benzene rings is 2. The molecular formula is C21H24N4O3S3. The summed E-state index contributed by atoms with van der Waals surface area (Å²) < 4.78 is 26.8. The fraction of sp³-hybridized carbons (Fsp3) is 0.286. The first-order valence-electron chi connectivity index (χ1n) is 9.53. The third kappa shape index (κ3) is 6.05. The van der Waals surface area contributed by atoms with Crippen LogP contribution in [-0.4, -0.2) is 36.8 Å². The largest absolute Gasteiger partial charge is 0.299 e. The van der Waals surface area contributed by atoms with E-state index in [4.69, 9.17) is 0 Å². The van der Waals surface area contributed by atoms with Crippen molar-refractivity contribution in [1.82, 2.24) is 10.2 Å². The minimum Gasteiger partial charge on any atom is -0.299 e. The lowest BCUT2D eigenvalue weighted by Crippen LogP contribution is -2.45. The summed E-state index contributed by atoms with van der Waals surface area (Å²) in [6, 6.07) is 14.3. The highest BCUT2D eigenvalue weighted by Gasteiger charge is 2.30. The van der Waals surface area contributed by atoms with Crippen LogP contribution in [0.1, 0.15) is 23.6 Å². The smallest absolute Gasteiger partial charge is 0.249 e. The normalized spacial score (nSPS) is 12.4. The molecule has 7 nitrogen and oxygen atoms in total. The van der Waals surface area contributed by atoms with Gasteiger partial charge in [0.2, 0.25) is 21.1 Å². The van der Waals surface area contributed by atoms with Crippen molar-refractivity contribution in [1.29, 1.82) is 0 Å². The van der Waals surface area contributed by atoms with Crippen molar-refractivity contribution in [2.45, 2.75) is 36.9 Å². The number of anilines is 2. The zero-order valence-corrected chi connectivity index (χ0v) is 20.1. The molecular weight excluding hydrogens is 452 g/mol. The number of carbonyl (C=O) groups excluding carboxylic acids is 1. The van der Waals surface area contributed by atoms with Crippen LogP contribution in [0.15, 0.2) is 52.9 Å². The molecule has 3 rings (SSSR count). The van der Waals surface area contributed by atoms with Crippen molar-refractivity contribution in [3.05, 3.63) is 65.2 Å². The second kappa shape index (κ2) is 9.80. The van der Waals surface area contributed by atoms with E-state index >= 15 is 0 Å². The highest BCUT2D eigenvalue weighted by atomic mass is 32.2. The molecule has 0 aliphatic rings. The molecule has 2 aromatic carbocycles. The van der Waals surface area contributed by atoms with Gasteiger partial charge in [0.15, 0.2) is 4.34 Å². The molecule has 0 radical (unpaired) electrons. The molecule has 0 unspecified atom stereocenters. The van der Waals surface area contributed by atoms with Gasteiger partial charge in [0.05, 0.1) is 11.9 Å². The predicted octanol–water partition coefficient (Wildman–Crippen LogP) is 4.24. The number of nitrogens with one attached hydrogen (secondary N) is 1. The number of rotatable bonds is 8. The fourth-order valence-electron chi connectivity index (χ4n) is 2.92. The van der Waals surface area contributed by atoms with Gasteiger partial charge in [-0.05, 0) is 49.6 Å². The summed E-state index contributed by atoms with van der Waals surface area (Å²) in [6.45, 7) is 5.40. The standard InChI is InChI=1S/C21H24N4O3S3/c1-14-10-11-18(12-15(14)2)25(31(4,27)28)16(3)19(26)22-20-23-24-21(30-20)29-13-17-8-6-5-7-9-17/h5-12,16H,13H2,1-4H3,(H,22,23,26)/t16-/m0/s1. The van der Waals surface area contributed by atoms with Gasteiger partial charge in [0.1, 0.15) is 6.04 Å². The fourth-order valence-corrected chi connectivity index (χ4v) is 5.80. The summed E-state index contributed by atoms with van der Waals surface area (Å²) in [5.41, 5.74) is 3.61. The maximum absolute atomic E-state index is 12.8. The Morgan fingerprint density at radius 1 is 1.13 bits per heavy atom. The third-order valence-electron chi connectivity index (χ3n) is 4.68. The lowest BCUT2D eigenvalue weighted by Gasteiger charge is -2.28. The molecule has 164 valence electrons. The summed E-state index contributed by atoms with van der Waals surface area (Å²) in [6.07, 6.45) is 1.09. The first kappa shape index (κ1) is 23.2. The molecule has 1 aromatic heterocycles. The van der Waals surface area contributed by atoms with Gasteiger partial charge in [0, 0.05) is 5.75 Å². The van der Waals surface area contributed by atoms with Gasteiger partial charge in [0.25, 0.3) is 0 Å². The van der Waals surface area contributed by atoms with E-state index in [-0.39, 0.29) is 0 Å². The maximum Gasteiger partial charge on any atom is 0.249 e. The van der Waals surface area contributed by atoms with Crippen LogP contribution in [-0.2, 0) is 20.6 Å². The quantitative estimate of drug-likeness (QED) is 0.386. The molecule has 3 aromatic rings. The summed E-state index contributed by atoms with van der Waals surface area (Å²) in [4.78, 5) is 12.8. The lowest BCUT2D eigenvalue weighted by atomic mass is 10.1. The van der Waals surface area contributed by atoms with Gasteiger partial charge in [-0.3, -0.25) is 14.4 Å². The Kier molecular flexibility index (Phi) is 7.34. The van der Waals surface area contributed by atoms with Crippen LogP contribution < -0.4 is 9.62 Å². The average molecular weight is 477 g/mol. The van der Waals surface area contributed by atoms with E-state index in [0.717, 1.165) is 31.8 Å². The topological polar surface area (TPSA) is 92.3 Å². The minimum absolute atomic E-state index is 0.334. The Bertz CT molecular complexity index is 1160. The van der Waals surface area contributed by atoms with Crippen LogP contribution in [0.5, 0.6) is 0 Å². The molecule has 0 saturated heterocycles. The summed E-state index contributed by atoms with van der Waals surface area (Å²) in [5.74, 6) is 0.272. The van der Waals surface area contributed by atoms with Crippen molar-refractivity contribution in [3.63, 3.8) is 0 Å². The maximum atomic E-state index is 12.8. The first-order chi connectivity index (χ1) is 14.6. The number of sulfonamides is 1. The molecule has 1 heterocycles. The van der Waals surface area contributed by atoms with E-state index < -0.39 is 22.0 Å². The Morgan fingerprint density at radius 2 is 1.84 bits per heavy atom. The van der Waals surface area contributed by atoms with Crippen molar-refractivity contribution < 1.29 is 13.2 Å². The van der Waals surface area contributed by atoms with E-state index in [9.17, 15) is 13.2 Å². The Morgan fingerprint density at radius 3 is 2.48 bits per heavy atom. The number of carbonyl (C=O) groups is 1.